The third-order valence-electron chi connectivity index (χ3n) is 4.59. The summed E-state index contributed by atoms with van der Waals surface area (Å²) in [7, 11) is 1.61. The Labute approximate surface area is 158 Å². The topological polar surface area (TPSA) is 61.8 Å². The highest BCUT2D eigenvalue weighted by atomic mass is 19.1. The summed E-state index contributed by atoms with van der Waals surface area (Å²) in [5, 5.41) is 13.0. The standard InChI is InChI=1S/C21H25FN2O3/c1-23-21(26)16-4-2-15(3-5-16)12-24(18-8-9-18)13-19(25)14-27-20-10-6-17(22)7-11-20/h2-7,10-11,18-19,25H,8-9,12-14H2,1H3,(H,23,26)/t19-/m0/s1. The van der Waals surface area contributed by atoms with Crippen LogP contribution in [0.3, 0.4) is 0 Å². The molecule has 1 saturated carbocycles. The van der Waals surface area contributed by atoms with Crippen molar-refractivity contribution >= 4 is 5.91 Å². The largest absolute Gasteiger partial charge is 0.491 e. The lowest BCUT2D eigenvalue weighted by molar-refractivity contribution is 0.0626. The lowest BCUT2D eigenvalue weighted by Crippen LogP contribution is -2.36. The zero-order chi connectivity index (χ0) is 19.2. The second-order valence-corrected chi connectivity index (χ2v) is 6.86. The Bertz CT molecular complexity index is 745. The van der Waals surface area contributed by atoms with E-state index in [-0.39, 0.29) is 18.3 Å². The van der Waals surface area contributed by atoms with Crippen LogP contribution in [0.2, 0.25) is 0 Å². The van der Waals surface area contributed by atoms with Gasteiger partial charge in [-0.1, -0.05) is 12.1 Å². The van der Waals surface area contributed by atoms with Crippen molar-refractivity contribution in [1.82, 2.24) is 10.2 Å². The first-order valence-electron chi connectivity index (χ1n) is 9.16. The van der Waals surface area contributed by atoms with Crippen LogP contribution in [0.25, 0.3) is 0 Å². The van der Waals surface area contributed by atoms with Crippen molar-refractivity contribution < 1.29 is 19.0 Å². The van der Waals surface area contributed by atoms with Gasteiger partial charge >= 0.3 is 0 Å². The average molecular weight is 372 g/mol. The third kappa shape index (κ3) is 5.77. The minimum absolute atomic E-state index is 0.103. The van der Waals surface area contributed by atoms with Gasteiger partial charge in [-0.15, -0.1) is 0 Å². The van der Waals surface area contributed by atoms with Gasteiger partial charge in [-0.2, -0.15) is 0 Å². The molecule has 2 aromatic rings. The van der Waals surface area contributed by atoms with E-state index in [1.165, 1.54) is 12.1 Å². The fourth-order valence-electron chi connectivity index (χ4n) is 2.97. The van der Waals surface area contributed by atoms with Gasteiger partial charge < -0.3 is 15.2 Å². The van der Waals surface area contributed by atoms with E-state index in [1.807, 2.05) is 24.3 Å². The number of nitrogens with zero attached hydrogens (tertiary/aromatic N) is 1. The van der Waals surface area contributed by atoms with E-state index in [1.54, 1.807) is 19.2 Å². The summed E-state index contributed by atoms with van der Waals surface area (Å²) in [6.45, 7) is 1.37. The van der Waals surface area contributed by atoms with Gasteiger partial charge in [0.25, 0.3) is 5.91 Å². The maximum absolute atomic E-state index is 12.9. The molecule has 0 aliphatic heterocycles. The van der Waals surface area contributed by atoms with E-state index in [4.69, 9.17) is 4.74 Å². The van der Waals surface area contributed by atoms with Crippen LogP contribution >= 0.6 is 0 Å². The van der Waals surface area contributed by atoms with Gasteiger partial charge in [0.15, 0.2) is 0 Å². The van der Waals surface area contributed by atoms with Crippen LogP contribution in [0.1, 0.15) is 28.8 Å². The number of carbonyl (C=O) groups is 1. The monoisotopic (exact) mass is 372 g/mol. The van der Waals surface area contributed by atoms with Crippen LogP contribution in [0.4, 0.5) is 4.39 Å². The van der Waals surface area contributed by atoms with Gasteiger partial charge in [-0.05, 0) is 54.8 Å². The predicted molar refractivity (Wildman–Crippen MR) is 101 cm³/mol. The Hall–Kier alpha value is -2.44. The summed E-state index contributed by atoms with van der Waals surface area (Å²) in [6.07, 6.45) is 1.62. The van der Waals surface area contributed by atoms with Crippen LogP contribution < -0.4 is 10.1 Å². The number of carbonyl (C=O) groups excluding carboxylic acids is 1. The molecule has 0 bridgehead atoms. The highest BCUT2D eigenvalue weighted by Crippen LogP contribution is 2.28. The summed E-state index contributed by atoms with van der Waals surface area (Å²) in [5.41, 5.74) is 1.73. The van der Waals surface area contributed by atoms with Crippen LogP contribution in [0.5, 0.6) is 5.75 Å². The summed E-state index contributed by atoms with van der Waals surface area (Å²) in [5.74, 6) is 0.123. The molecule has 6 heteroatoms. The molecule has 27 heavy (non-hydrogen) atoms. The number of nitrogens with one attached hydrogen (secondary N) is 1. The second-order valence-electron chi connectivity index (χ2n) is 6.86. The molecule has 1 fully saturated rings. The Kier molecular flexibility index (Phi) is 6.42. The number of benzene rings is 2. The number of hydrogen-bond donors (Lipinski definition) is 2. The van der Waals surface area contributed by atoms with E-state index in [0.29, 0.717) is 30.4 Å². The van der Waals surface area contributed by atoms with Gasteiger partial charge in [0.1, 0.15) is 24.3 Å². The van der Waals surface area contributed by atoms with Crippen LogP contribution in [-0.4, -0.2) is 48.3 Å². The van der Waals surface area contributed by atoms with E-state index >= 15 is 0 Å². The summed E-state index contributed by atoms with van der Waals surface area (Å²) in [6, 6.07) is 13.8. The lowest BCUT2D eigenvalue weighted by Gasteiger charge is -2.25. The molecule has 0 unspecified atom stereocenters. The molecule has 1 aliphatic rings. The molecular weight excluding hydrogens is 347 g/mol. The molecule has 5 nitrogen and oxygen atoms in total. The number of rotatable bonds is 9. The molecule has 3 rings (SSSR count). The van der Waals surface area contributed by atoms with Crippen molar-refractivity contribution in [3.05, 3.63) is 65.5 Å². The summed E-state index contributed by atoms with van der Waals surface area (Å²) >= 11 is 0. The molecule has 2 aromatic carbocycles. The minimum atomic E-state index is -0.638. The zero-order valence-electron chi connectivity index (χ0n) is 15.4. The smallest absolute Gasteiger partial charge is 0.251 e. The van der Waals surface area contributed by atoms with Crippen molar-refractivity contribution in [2.75, 3.05) is 20.2 Å². The SMILES string of the molecule is CNC(=O)c1ccc(CN(C[C@H](O)COc2ccc(F)cc2)C2CC2)cc1. The predicted octanol–water partition coefficient (Wildman–Crippen LogP) is 2.59. The van der Waals surface area contributed by atoms with E-state index < -0.39 is 6.10 Å². The number of ether oxygens (including phenoxy) is 1. The molecule has 0 radical (unpaired) electrons. The van der Waals surface area contributed by atoms with Gasteiger partial charge in [-0.3, -0.25) is 9.69 Å². The van der Waals surface area contributed by atoms with Crippen LogP contribution in [0.15, 0.2) is 48.5 Å². The van der Waals surface area contributed by atoms with Crippen molar-refractivity contribution in [2.45, 2.75) is 31.5 Å². The summed E-state index contributed by atoms with van der Waals surface area (Å²) < 4.78 is 18.5. The molecule has 1 aliphatic carbocycles. The zero-order valence-corrected chi connectivity index (χ0v) is 15.4. The summed E-state index contributed by atoms with van der Waals surface area (Å²) in [4.78, 5) is 13.9. The molecule has 0 saturated heterocycles. The average Bonchev–Trinajstić information content (AvgIpc) is 3.52. The van der Waals surface area contributed by atoms with Crippen molar-refractivity contribution in [3.8, 4) is 5.75 Å². The molecule has 1 amide bonds. The Balaban J connectivity index is 1.52. The minimum Gasteiger partial charge on any atom is -0.491 e. The van der Waals surface area contributed by atoms with Crippen LogP contribution in [0, 0.1) is 5.82 Å². The Morgan fingerprint density at radius 3 is 2.48 bits per heavy atom. The first-order chi connectivity index (χ1) is 13.0. The molecule has 144 valence electrons. The highest BCUT2D eigenvalue weighted by molar-refractivity contribution is 5.93. The number of aliphatic hydroxyl groups excluding tert-OH is 1. The maximum Gasteiger partial charge on any atom is 0.251 e. The number of hydrogen-bond acceptors (Lipinski definition) is 4. The van der Waals surface area contributed by atoms with E-state index in [2.05, 4.69) is 10.2 Å². The lowest BCUT2D eigenvalue weighted by atomic mass is 10.1. The third-order valence-corrected chi connectivity index (χ3v) is 4.59. The molecule has 0 spiro atoms. The number of amides is 1. The first kappa shape index (κ1) is 19.3. The van der Waals surface area contributed by atoms with Gasteiger partial charge in [-0.25, -0.2) is 4.39 Å². The molecule has 0 aromatic heterocycles. The quantitative estimate of drug-likeness (QED) is 0.710. The van der Waals surface area contributed by atoms with Gasteiger partial charge in [0.05, 0.1) is 0 Å². The fraction of sp³-hybridized carbons (Fsp3) is 0.381. The highest BCUT2D eigenvalue weighted by Gasteiger charge is 2.30. The molecular formula is C21H25FN2O3. The van der Waals surface area contributed by atoms with Crippen molar-refractivity contribution in [2.24, 2.45) is 0 Å². The van der Waals surface area contributed by atoms with Crippen molar-refractivity contribution in [1.29, 1.82) is 0 Å². The van der Waals surface area contributed by atoms with Crippen LogP contribution in [-0.2, 0) is 6.54 Å². The van der Waals surface area contributed by atoms with Gasteiger partial charge in [0, 0.05) is 31.7 Å². The molecule has 1 atom stereocenters. The molecule has 0 heterocycles. The van der Waals surface area contributed by atoms with E-state index in [0.717, 1.165) is 18.4 Å². The Morgan fingerprint density at radius 1 is 1.22 bits per heavy atom. The van der Waals surface area contributed by atoms with E-state index in [9.17, 15) is 14.3 Å². The molecule has 2 N–H and O–H groups in total. The van der Waals surface area contributed by atoms with Gasteiger partial charge in [0.2, 0.25) is 0 Å². The fourth-order valence-corrected chi connectivity index (χ4v) is 2.97. The normalized spacial score (nSPS) is 14.8. The number of aliphatic hydroxyl groups is 1. The van der Waals surface area contributed by atoms with Crippen molar-refractivity contribution in [3.63, 3.8) is 0 Å². The Morgan fingerprint density at radius 2 is 1.89 bits per heavy atom. The maximum atomic E-state index is 12.9. The first-order valence-corrected chi connectivity index (χ1v) is 9.16. The number of halogens is 1. The second kappa shape index (κ2) is 8.97.